The van der Waals surface area contributed by atoms with Crippen LogP contribution in [0.4, 0.5) is 18.9 Å². The number of amides is 1. The van der Waals surface area contributed by atoms with Crippen molar-refractivity contribution >= 4 is 22.5 Å². The van der Waals surface area contributed by atoms with Crippen molar-refractivity contribution in [3.8, 4) is 0 Å². The zero-order chi connectivity index (χ0) is 19.6. The van der Waals surface area contributed by atoms with E-state index in [1.807, 2.05) is 6.07 Å². The van der Waals surface area contributed by atoms with E-state index in [9.17, 15) is 18.0 Å². The van der Waals surface area contributed by atoms with E-state index in [-0.39, 0.29) is 11.8 Å². The molecule has 2 heterocycles. The van der Waals surface area contributed by atoms with Gasteiger partial charge in [-0.2, -0.15) is 13.2 Å². The molecule has 0 saturated carbocycles. The zero-order valence-electron chi connectivity index (χ0n) is 15.3. The first kappa shape index (κ1) is 19.4. The summed E-state index contributed by atoms with van der Waals surface area (Å²) in [6, 6.07) is 5.39. The molecule has 1 saturated heterocycles. The number of halogens is 3. The topological polar surface area (TPSA) is 54.5 Å². The number of nitrogens with zero attached hydrogens (tertiary/aromatic N) is 2. The van der Waals surface area contributed by atoms with Gasteiger partial charge in [-0.05, 0) is 25.1 Å². The molecule has 1 aliphatic rings. The molecule has 1 aromatic carbocycles. The van der Waals surface area contributed by atoms with Crippen LogP contribution in [0, 0.1) is 12.8 Å². The van der Waals surface area contributed by atoms with Gasteiger partial charge in [0.05, 0.1) is 17.7 Å². The second kappa shape index (κ2) is 7.72. The van der Waals surface area contributed by atoms with E-state index in [2.05, 4.69) is 10.3 Å². The minimum absolute atomic E-state index is 0.101. The van der Waals surface area contributed by atoms with Gasteiger partial charge in [0.15, 0.2) is 0 Å². The number of aryl methyl sites for hydroxylation is 1. The molecule has 1 unspecified atom stereocenters. The van der Waals surface area contributed by atoms with E-state index in [1.165, 1.54) is 6.07 Å². The van der Waals surface area contributed by atoms with Gasteiger partial charge in [-0.1, -0.05) is 6.07 Å². The quantitative estimate of drug-likeness (QED) is 0.833. The Balaban J connectivity index is 1.74. The molecule has 0 bridgehead atoms. The van der Waals surface area contributed by atoms with Crippen LogP contribution in [0.15, 0.2) is 24.3 Å². The molecule has 1 aliphatic heterocycles. The standard InChI is InChI=1S/C19H22F3N3O2/c1-12-7-16(15-4-3-14(19(20,21)22)9-17(15)24-12)23-10-13-8-18(26)25(11-13)5-6-27-2/h3-4,7,9,13H,5-6,8,10-11H2,1-2H3,(H,23,24). The van der Waals surface area contributed by atoms with Crippen LogP contribution < -0.4 is 5.32 Å². The van der Waals surface area contributed by atoms with Gasteiger partial charge in [0.25, 0.3) is 0 Å². The van der Waals surface area contributed by atoms with E-state index in [0.29, 0.717) is 49.3 Å². The zero-order valence-corrected chi connectivity index (χ0v) is 15.3. The Hall–Kier alpha value is -2.35. The highest BCUT2D eigenvalue weighted by molar-refractivity contribution is 5.92. The summed E-state index contributed by atoms with van der Waals surface area (Å²) in [4.78, 5) is 18.0. The number of anilines is 1. The fourth-order valence-electron chi connectivity index (χ4n) is 3.35. The lowest BCUT2D eigenvalue weighted by molar-refractivity contribution is -0.137. The molecular weight excluding hydrogens is 359 g/mol. The first-order valence-electron chi connectivity index (χ1n) is 8.77. The summed E-state index contributed by atoms with van der Waals surface area (Å²) in [5.41, 5.74) is 0.952. The van der Waals surface area contributed by atoms with Gasteiger partial charge < -0.3 is 15.0 Å². The van der Waals surface area contributed by atoms with Crippen molar-refractivity contribution in [2.45, 2.75) is 19.5 Å². The SMILES string of the molecule is COCCN1CC(CNc2cc(C)nc3cc(C(F)(F)F)ccc23)CC1=O. The van der Waals surface area contributed by atoms with Crippen LogP contribution in [0.5, 0.6) is 0 Å². The summed E-state index contributed by atoms with van der Waals surface area (Å²) in [7, 11) is 1.60. The van der Waals surface area contributed by atoms with Gasteiger partial charge in [-0.25, -0.2) is 0 Å². The predicted octanol–water partition coefficient (Wildman–Crippen LogP) is 3.47. The molecule has 8 heteroatoms. The molecule has 1 atom stereocenters. The second-order valence-electron chi connectivity index (χ2n) is 6.82. The van der Waals surface area contributed by atoms with Gasteiger partial charge in [0.1, 0.15) is 0 Å². The number of ether oxygens (including phenoxy) is 1. The van der Waals surface area contributed by atoms with E-state index in [1.54, 1.807) is 18.9 Å². The molecule has 1 fully saturated rings. The largest absolute Gasteiger partial charge is 0.416 e. The first-order chi connectivity index (χ1) is 12.8. The normalized spacial score (nSPS) is 17.7. The summed E-state index contributed by atoms with van der Waals surface area (Å²) in [5, 5.41) is 3.93. The Labute approximate surface area is 155 Å². The number of benzene rings is 1. The molecule has 146 valence electrons. The van der Waals surface area contributed by atoms with E-state index in [4.69, 9.17) is 4.74 Å². The number of rotatable bonds is 6. The molecular formula is C19H22F3N3O2. The number of methoxy groups -OCH3 is 1. The van der Waals surface area contributed by atoms with Crippen molar-refractivity contribution in [2.75, 3.05) is 38.7 Å². The Morgan fingerprint density at radius 2 is 2.11 bits per heavy atom. The van der Waals surface area contributed by atoms with Crippen molar-refractivity contribution in [2.24, 2.45) is 5.92 Å². The van der Waals surface area contributed by atoms with Crippen molar-refractivity contribution in [1.29, 1.82) is 0 Å². The Morgan fingerprint density at radius 3 is 2.81 bits per heavy atom. The van der Waals surface area contributed by atoms with Crippen molar-refractivity contribution < 1.29 is 22.7 Å². The second-order valence-corrected chi connectivity index (χ2v) is 6.82. The van der Waals surface area contributed by atoms with Crippen LogP contribution in [0.25, 0.3) is 10.9 Å². The number of fused-ring (bicyclic) bond motifs is 1. The molecule has 27 heavy (non-hydrogen) atoms. The minimum atomic E-state index is -4.40. The van der Waals surface area contributed by atoms with Crippen LogP contribution >= 0.6 is 0 Å². The molecule has 1 N–H and O–H groups in total. The molecule has 1 amide bonds. The number of hydrogen-bond donors (Lipinski definition) is 1. The number of nitrogens with one attached hydrogen (secondary N) is 1. The summed E-state index contributed by atoms with van der Waals surface area (Å²) >= 11 is 0. The van der Waals surface area contributed by atoms with E-state index < -0.39 is 11.7 Å². The highest BCUT2D eigenvalue weighted by Gasteiger charge is 2.31. The average Bonchev–Trinajstić information content (AvgIpc) is 2.96. The highest BCUT2D eigenvalue weighted by atomic mass is 19.4. The van der Waals surface area contributed by atoms with Gasteiger partial charge in [0.2, 0.25) is 5.91 Å². The lowest BCUT2D eigenvalue weighted by atomic mass is 10.1. The maximum Gasteiger partial charge on any atom is 0.416 e. The van der Waals surface area contributed by atoms with Crippen LogP contribution in [0.3, 0.4) is 0 Å². The van der Waals surface area contributed by atoms with Crippen LogP contribution in [0.1, 0.15) is 17.7 Å². The number of alkyl halides is 3. The number of carbonyl (C=O) groups is 1. The van der Waals surface area contributed by atoms with E-state index in [0.717, 1.165) is 17.8 Å². The summed E-state index contributed by atoms with van der Waals surface area (Å²) in [5.74, 6) is 0.247. The molecule has 0 radical (unpaired) electrons. The fourth-order valence-corrected chi connectivity index (χ4v) is 3.35. The molecule has 0 spiro atoms. The third kappa shape index (κ3) is 4.50. The monoisotopic (exact) mass is 381 g/mol. The third-order valence-corrected chi connectivity index (χ3v) is 4.71. The molecule has 1 aromatic heterocycles. The Bertz CT molecular complexity index is 839. The third-order valence-electron chi connectivity index (χ3n) is 4.71. The molecule has 3 rings (SSSR count). The van der Waals surface area contributed by atoms with E-state index >= 15 is 0 Å². The lowest BCUT2D eigenvalue weighted by Crippen LogP contribution is -2.29. The van der Waals surface area contributed by atoms with Crippen molar-refractivity contribution in [1.82, 2.24) is 9.88 Å². The number of likely N-dealkylation sites (tertiary alicyclic amines) is 1. The number of hydrogen-bond acceptors (Lipinski definition) is 4. The maximum atomic E-state index is 12.9. The smallest absolute Gasteiger partial charge is 0.384 e. The number of pyridine rings is 1. The number of carbonyl (C=O) groups excluding carboxylic acids is 1. The van der Waals surface area contributed by atoms with Crippen LogP contribution in [0.2, 0.25) is 0 Å². The van der Waals surface area contributed by atoms with Gasteiger partial charge in [0, 0.05) is 55.9 Å². The van der Waals surface area contributed by atoms with Crippen LogP contribution in [-0.4, -0.2) is 49.1 Å². The van der Waals surface area contributed by atoms with Gasteiger partial charge in [-0.15, -0.1) is 0 Å². The predicted molar refractivity (Wildman–Crippen MR) is 96.5 cm³/mol. The van der Waals surface area contributed by atoms with Crippen LogP contribution in [-0.2, 0) is 15.7 Å². The summed E-state index contributed by atoms with van der Waals surface area (Å²) < 4.78 is 43.8. The lowest BCUT2D eigenvalue weighted by Gasteiger charge is -2.17. The first-order valence-corrected chi connectivity index (χ1v) is 8.77. The maximum absolute atomic E-state index is 12.9. The molecule has 0 aliphatic carbocycles. The van der Waals surface area contributed by atoms with Crippen molar-refractivity contribution in [3.63, 3.8) is 0 Å². The van der Waals surface area contributed by atoms with Gasteiger partial charge in [-0.3, -0.25) is 9.78 Å². The average molecular weight is 381 g/mol. The highest BCUT2D eigenvalue weighted by Crippen LogP contribution is 2.33. The molecule has 5 nitrogen and oxygen atoms in total. The number of aromatic nitrogens is 1. The van der Waals surface area contributed by atoms with Crippen molar-refractivity contribution in [3.05, 3.63) is 35.5 Å². The van der Waals surface area contributed by atoms with Gasteiger partial charge >= 0.3 is 6.18 Å². The minimum Gasteiger partial charge on any atom is -0.384 e. The Kier molecular flexibility index (Phi) is 5.55. The molecule has 2 aromatic rings. The summed E-state index contributed by atoms with van der Waals surface area (Å²) in [6.45, 7) is 4.03. The Morgan fingerprint density at radius 1 is 1.33 bits per heavy atom. The fraction of sp³-hybridized carbons (Fsp3) is 0.474. The summed E-state index contributed by atoms with van der Waals surface area (Å²) in [6.07, 6.45) is -3.94.